The minimum atomic E-state index is -0.327. The van der Waals surface area contributed by atoms with Gasteiger partial charge >= 0.3 is 0 Å². The summed E-state index contributed by atoms with van der Waals surface area (Å²) in [6, 6.07) is 7.10. The molecule has 15 heavy (non-hydrogen) atoms. The maximum absolute atomic E-state index is 11.1. The van der Waals surface area contributed by atoms with E-state index in [0.29, 0.717) is 11.4 Å². The number of hydrogen-bond acceptors (Lipinski definition) is 2. The number of likely N-dealkylation sites (N-methyl/N-ethyl adjacent to an activating group) is 1. The molecular formula is C11H15ClN2O. The van der Waals surface area contributed by atoms with Gasteiger partial charge in [-0.3, -0.25) is 4.79 Å². The van der Waals surface area contributed by atoms with E-state index in [4.69, 9.17) is 17.3 Å². The summed E-state index contributed by atoms with van der Waals surface area (Å²) in [5, 5.41) is 3.73. The van der Waals surface area contributed by atoms with E-state index in [0.717, 1.165) is 12.1 Å². The molecule has 0 aliphatic rings. The smallest absolute Gasteiger partial charge is 0.234 e. The molecule has 1 atom stereocenters. The number of amides is 1. The zero-order valence-corrected chi connectivity index (χ0v) is 9.42. The second kappa shape index (κ2) is 5.73. The Hall–Kier alpha value is -1.06. The topological polar surface area (TPSA) is 55.1 Å². The molecule has 1 aromatic carbocycles. The Morgan fingerprint density at radius 2 is 2.07 bits per heavy atom. The number of halogens is 1. The second-order valence-electron chi connectivity index (χ2n) is 3.34. The van der Waals surface area contributed by atoms with Crippen LogP contribution in [0.5, 0.6) is 0 Å². The molecule has 82 valence electrons. The highest BCUT2D eigenvalue weighted by atomic mass is 35.5. The molecule has 0 saturated carbocycles. The van der Waals surface area contributed by atoms with Gasteiger partial charge in [-0.2, -0.15) is 0 Å². The molecule has 3 N–H and O–H groups in total. The summed E-state index contributed by atoms with van der Waals surface area (Å²) < 4.78 is 0. The van der Waals surface area contributed by atoms with E-state index in [2.05, 4.69) is 5.32 Å². The van der Waals surface area contributed by atoms with E-state index in [1.165, 1.54) is 0 Å². The van der Waals surface area contributed by atoms with Gasteiger partial charge in [-0.15, -0.1) is 0 Å². The number of nitrogens with two attached hydrogens (primary N) is 1. The van der Waals surface area contributed by atoms with Crippen molar-refractivity contribution in [3.63, 3.8) is 0 Å². The molecule has 0 heterocycles. The number of carbonyl (C=O) groups is 1. The van der Waals surface area contributed by atoms with Crippen LogP contribution in [-0.4, -0.2) is 18.5 Å². The van der Waals surface area contributed by atoms with Crippen LogP contribution in [0.1, 0.15) is 12.5 Å². The molecular weight excluding hydrogens is 212 g/mol. The molecule has 0 aromatic heterocycles. The summed E-state index contributed by atoms with van der Waals surface area (Å²) in [4.78, 5) is 11.1. The van der Waals surface area contributed by atoms with Gasteiger partial charge in [-0.25, -0.2) is 0 Å². The highest BCUT2D eigenvalue weighted by molar-refractivity contribution is 6.30. The fraction of sp³-hybridized carbons (Fsp3) is 0.364. The van der Waals surface area contributed by atoms with E-state index < -0.39 is 0 Å². The molecule has 1 aromatic rings. The zero-order valence-electron chi connectivity index (χ0n) is 8.66. The van der Waals surface area contributed by atoms with Gasteiger partial charge in [0.15, 0.2) is 0 Å². The number of primary amides is 1. The summed E-state index contributed by atoms with van der Waals surface area (Å²) in [6.45, 7) is 2.67. The maximum Gasteiger partial charge on any atom is 0.234 e. The molecule has 0 fully saturated rings. The Balaban J connectivity index is 2.65. The summed E-state index contributed by atoms with van der Waals surface area (Å²) in [5.41, 5.74) is 6.32. The van der Waals surface area contributed by atoms with Crippen LogP contribution < -0.4 is 11.1 Å². The predicted molar refractivity (Wildman–Crippen MR) is 61.8 cm³/mol. The summed E-state index contributed by atoms with van der Waals surface area (Å²) in [7, 11) is 0. The Morgan fingerprint density at radius 1 is 1.47 bits per heavy atom. The van der Waals surface area contributed by atoms with E-state index in [-0.39, 0.29) is 11.9 Å². The molecule has 1 amide bonds. The normalized spacial score (nSPS) is 12.4. The molecule has 0 aliphatic carbocycles. The molecule has 0 unspecified atom stereocenters. The minimum Gasteiger partial charge on any atom is -0.368 e. The molecule has 0 saturated heterocycles. The lowest BCUT2D eigenvalue weighted by atomic mass is 10.1. The zero-order chi connectivity index (χ0) is 11.3. The Bertz CT molecular complexity index is 324. The first-order chi connectivity index (χ1) is 7.13. The second-order valence-corrected chi connectivity index (χ2v) is 3.78. The van der Waals surface area contributed by atoms with Crippen LogP contribution in [0.25, 0.3) is 0 Å². The van der Waals surface area contributed by atoms with Crippen LogP contribution in [0.15, 0.2) is 24.3 Å². The maximum atomic E-state index is 11.1. The van der Waals surface area contributed by atoms with E-state index in [1.807, 2.05) is 19.1 Å². The summed E-state index contributed by atoms with van der Waals surface area (Å²) >= 11 is 5.76. The highest BCUT2D eigenvalue weighted by Gasteiger charge is 2.13. The molecule has 0 aliphatic heterocycles. The van der Waals surface area contributed by atoms with Crippen LogP contribution in [-0.2, 0) is 11.2 Å². The molecule has 0 radical (unpaired) electrons. The molecule has 3 nitrogen and oxygen atoms in total. The van der Waals surface area contributed by atoms with Crippen molar-refractivity contribution < 1.29 is 4.79 Å². The van der Waals surface area contributed by atoms with Crippen molar-refractivity contribution >= 4 is 17.5 Å². The van der Waals surface area contributed by atoms with Crippen molar-refractivity contribution in [1.82, 2.24) is 5.32 Å². The Kier molecular flexibility index (Phi) is 4.59. The van der Waals surface area contributed by atoms with Crippen molar-refractivity contribution in [2.75, 3.05) is 6.54 Å². The van der Waals surface area contributed by atoms with Crippen molar-refractivity contribution in [3.05, 3.63) is 34.9 Å². The summed E-state index contributed by atoms with van der Waals surface area (Å²) in [5.74, 6) is -0.327. The number of hydrogen-bond donors (Lipinski definition) is 2. The predicted octanol–water partition coefficient (Wildman–Crippen LogP) is 1.35. The van der Waals surface area contributed by atoms with E-state index >= 15 is 0 Å². The third-order valence-electron chi connectivity index (χ3n) is 2.15. The molecule has 1 rings (SSSR count). The average molecular weight is 227 g/mol. The number of benzene rings is 1. The first-order valence-electron chi connectivity index (χ1n) is 4.90. The van der Waals surface area contributed by atoms with Crippen molar-refractivity contribution in [2.45, 2.75) is 19.4 Å². The fourth-order valence-corrected chi connectivity index (χ4v) is 1.50. The van der Waals surface area contributed by atoms with Gasteiger partial charge < -0.3 is 11.1 Å². The van der Waals surface area contributed by atoms with Crippen molar-refractivity contribution in [3.8, 4) is 0 Å². The SMILES string of the molecule is CCN[C@@H](Cc1ccc(Cl)cc1)C(N)=O. The monoisotopic (exact) mass is 226 g/mol. The van der Waals surface area contributed by atoms with Crippen molar-refractivity contribution in [1.29, 1.82) is 0 Å². The largest absolute Gasteiger partial charge is 0.368 e. The summed E-state index contributed by atoms with van der Waals surface area (Å²) in [6.07, 6.45) is 0.598. The highest BCUT2D eigenvalue weighted by Crippen LogP contribution is 2.10. The standard InChI is InChI=1S/C11H15ClN2O/c1-2-14-10(11(13)15)7-8-3-5-9(12)6-4-8/h3-6,10,14H,2,7H2,1H3,(H2,13,15)/t10-/m0/s1. The van der Waals surface area contributed by atoms with Crippen LogP contribution in [0.2, 0.25) is 5.02 Å². The van der Waals surface area contributed by atoms with Gasteiger partial charge in [0.25, 0.3) is 0 Å². The number of nitrogens with one attached hydrogen (secondary N) is 1. The van der Waals surface area contributed by atoms with Gasteiger partial charge in [0.1, 0.15) is 0 Å². The fourth-order valence-electron chi connectivity index (χ4n) is 1.38. The van der Waals surface area contributed by atoms with Crippen molar-refractivity contribution in [2.24, 2.45) is 5.73 Å². The Morgan fingerprint density at radius 3 is 2.53 bits per heavy atom. The van der Waals surface area contributed by atoms with E-state index in [1.54, 1.807) is 12.1 Å². The van der Waals surface area contributed by atoms with Gasteiger partial charge in [0.05, 0.1) is 6.04 Å². The van der Waals surface area contributed by atoms with Crippen LogP contribution in [0, 0.1) is 0 Å². The first kappa shape index (κ1) is 12.0. The number of rotatable bonds is 5. The van der Waals surface area contributed by atoms with Gasteiger partial charge in [-0.05, 0) is 30.7 Å². The lowest BCUT2D eigenvalue weighted by Crippen LogP contribution is -2.42. The quantitative estimate of drug-likeness (QED) is 0.796. The lowest BCUT2D eigenvalue weighted by Gasteiger charge is -2.13. The third-order valence-corrected chi connectivity index (χ3v) is 2.40. The molecule has 4 heteroatoms. The lowest BCUT2D eigenvalue weighted by molar-refractivity contribution is -0.120. The van der Waals surface area contributed by atoms with Crippen LogP contribution in [0.4, 0.5) is 0 Å². The first-order valence-corrected chi connectivity index (χ1v) is 5.28. The minimum absolute atomic E-state index is 0.309. The molecule has 0 bridgehead atoms. The van der Waals surface area contributed by atoms with Gasteiger partial charge in [-0.1, -0.05) is 30.7 Å². The molecule has 0 spiro atoms. The number of carbonyl (C=O) groups excluding carboxylic acids is 1. The van der Waals surface area contributed by atoms with Crippen LogP contribution in [0.3, 0.4) is 0 Å². The van der Waals surface area contributed by atoms with Crippen LogP contribution >= 0.6 is 11.6 Å². The van der Waals surface area contributed by atoms with Gasteiger partial charge in [0, 0.05) is 5.02 Å². The van der Waals surface area contributed by atoms with Gasteiger partial charge in [0.2, 0.25) is 5.91 Å². The Labute approximate surface area is 94.6 Å². The van der Waals surface area contributed by atoms with E-state index in [9.17, 15) is 4.79 Å². The third kappa shape index (κ3) is 3.90. The average Bonchev–Trinajstić information content (AvgIpc) is 2.20.